The first-order chi connectivity index (χ1) is 14.4. The fourth-order valence-corrected chi connectivity index (χ4v) is 2.77. The normalized spacial score (nSPS) is 14.5. The minimum Gasteiger partial charge on any atom is -0.461 e. The number of aromatic amines is 1. The number of pyridine rings is 1. The molecule has 0 fully saturated rings. The maximum Gasteiger partial charge on any atom is 0.416 e. The van der Waals surface area contributed by atoms with E-state index in [0.717, 1.165) is 24.3 Å². The van der Waals surface area contributed by atoms with Gasteiger partial charge >= 0.3 is 12.4 Å². The van der Waals surface area contributed by atoms with E-state index in [9.17, 15) is 35.9 Å². The molecule has 2 aromatic rings. The quantitative estimate of drug-likeness (QED) is 0.638. The number of nitrogens with one attached hydrogen (secondary N) is 2. The van der Waals surface area contributed by atoms with Crippen LogP contribution in [0.3, 0.4) is 0 Å². The van der Waals surface area contributed by atoms with E-state index in [1.165, 1.54) is 12.3 Å². The molecule has 0 bridgehead atoms. The molecule has 3 rings (SSSR count). The van der Waals surface area contributed by atoms with Gasteiger partial charge in [-0.15, -0.1) is 0 Å². The molecule has 1 heterocycles. The van der Waals surface area contributed by atoms with Crippen molar-refractivity contribution in [3.05, 3.63) is 81.5 Å². The lowest BCUT2D eigenvalue weighted by atomic mass is 10.0. The Morgan fingerprint density at radius 2 is 1.71 bits per heavy atom. The summed E-state index contributed by atoms with van der Waals surface area (Å²) in [7, 11) is 0. The van der Waals surface area contributed by atoms with Crippen molar-refractivity contribution >= 4 is 11.6 Å². The van der Waals surface area contributed by atoms with Gasteiger partial charge in [0.2, 0.25) is 5.56 Å². The maximum atomic E-state index is 13.1. The highest BCUT2D eigenvalue weighted by Gasteiger charge is 2.35. The standard InChI is InChI=1S/C20H14F6N2O3/c21-19(22,23)11-1-4-14(5-2-11)31-16-9-12(20(24,25)26)3-6-15(16)18(30)28-13-7-8-27-17(29)10-13/h1,3-4,6-10H,2,5H2,(H2,27,28,29,30). The zero-order chi connectivity index (χ0) is 22.8. The third-order valence-electron chi connectivity index (χ3n) is 4.30. The molecule has 0 radical (unpaired) electrons. The van der Waals surface area contributed by atoms with E-state index in [0.29, 0.717) is 12.1 Å². The number of ether oxygens (including phenoxy) is 1. The minimum atomic E-state index is -4.73. The molecular weight excluding hydrogens is 430 g/mol. The number of anilines is 1. The number of carbonyl (C=O) groups excluding carboxylic acids is 1. The molecule has 2 N–H and O–H groups in total. The molecule has 0 saturated carbocycles. The molecule has 1 aromatic carbocycles. The van der Waals surface area contributed by atoms with Crippen molar-refractivity contribution < 1.29 is 35.9 Å². The Bertz CT molecular complexity index is 1110. The van der Waals surface area contributed by atoms with Gasteiger partial charge in [-0.05, 0) is 36.8 Å². The van der Waals surface area contributed by atoms with Crippen LogP contribution in [0.2, 0.25) is 0 Å². The first kappa shape index (κ1) is 22.2. The molecule has 1 aliphatic rings. The van der Waals surface area contributed by atoms with E-state index in [-0.39, 0.29) is 23.4 Å². The summed E-state index contributed by atoms with van der Waals surface area (Å²) >= 11 is 0. The van der Waals surface area contributed by atoms with Crippen molar-refractivity contribution in [1.82, 2.24) is 4.98 Å². The van der Waals surface area contributed by atoms with Crippen molar-refractivity contribution in [2.75, 3.05) is 5.32 Å². The summed E-state index contributed by atoms with van der Waals surface area (Å²) in [5.74, 6) is -1.37. The molecular formula is C20H14F6N2O3. The van der Waals surface area contributed by atoms with Crippen LogP contribution in [0.5, 0.6) is 5.75 Å². The highest BCUT2D eigenvalue weighted by atomic mass is 19.4. The molecule has 0 saturated heterocycles. The molecule has 164 valence electrons. The van der Waals surface area contributed by atoms with Gasteiger partial charge in [0, 0.05) is 29.9 Å². The number of hydrogen-bond donors (Lipinski definition) is 2. The fraction of sp³-hybridized carbons (Fsp3) is 0.200. The Kier molecular flexibility index (Phi) is 5.96. The van der Waals surface area contributed by atoms with Crippen LogP contribution in [0, 0.1) is 0 Å². The second-order valence-electron chi connectivity index (χ2n) is 6.53. The first-order valence-corrected chi connectivity index (χ1v) is 8.79. The van der Waals surface area contributed by atoms with E-state index in [1.54, 1.807) is 0 Å². The van der Waals surface area contributed by atoms with Crippen molar-refractivity contribution in [3.8, 4) is 5.75 Å². The monoisotopic (exact) mass is 444 g/mol. The molecule has 1 amide bonds. The molecule has 1 aromatic heterocycles. The number of hydrogen-bond acceptors (Lipinski definition) is 3. The van der Waals surface area contributed by atoms with E-state index < -0.39 is 47.1 Å². The van der Waals surface area contributed by atoms with Crippen LogP contribution in [-0.2, 0) is 6.18 Å². The largest absolute Gasteiger partial charge is 0.461 e. The molecule has 0 spiro atoms. The number of H-pyrrole nitrogens is 1. The lowest BCUT2D eigenvalue weighted by molar-refractivity contribution is -0.137. The summed E-state index contributed by atoms with van der Waals surface area (Å²) in [6.07, 6.45) is -6.83. The van der Waals surface area contributed by atoms with Crippen LogP contribution in [0.25, 0.3) is 0 Å². The third-order valence-corrected chi connectivity index (χ3v) is 4.30. The van der Waals surface area contributed by atoms with E-state index in [2.05, 4.69) is 10.3 Å². The Hall–Kier alpha value is -3.50. The predicted octanol–water partition coefficient (Wildman–Crippen LogP) is 5.19. The highest BCUT2D eigenvalue weighted by Crippen LogP contribution is 2.36. The summed E-state index contributed by atoms with van der Waals surface area (Å²) in [5, 5.41) is 2.36. The van der Waals surface area contributed by atoms with Gasteiger partial charge in [-0.3, -0.25) is 9.59 Å². The lowest BCUT2D eigenvalue weighted by Crippen LogP contribution is -2.17. The fourth-order valence-electron chi connectivity index (χ4n) is 2.77. The minimum absolute atomic E-state index is 0.0301. The van der Waals surface area contributed by atoms with Gasteiger partial charge in [0.05, 0.1) is 11.1 Å². The van der Waals surface area contributed by atoms with Gasteiger partial charge in [-0.2, -0.15) is 26.3 Å². The van der Waals surface area contributed by atoms with Crippen molar-refractivity contribution in [2.24, 2.45) is 0 Å². The number of amides is 1. The second-order valence-corrected chi connectivity index (χ2v) is 6.53. The van der Waals surface area contributed by atoms with Crippen LogP contribution in [0.4, 0.5) is 32.0 Å². The Morgan fingerprint density at radius 1 is 0.968 bits per heavy atom. The summed E-state index contributed by atoms with van der Waals surface area (Å²) in [4.78, 5) is 26.2. The highest BCUT2D eigenvalue weighted by molar-refractivity contribution is 6.06. The Morgan fingerprint density at radius 3 is 2.29 bits per heavy atom. The molecule has 31 heavy (non-hydrogen) atoms. The number of alkyl halides is 6. The predicted molar refractivity (Wildman–Crippen MR) is 98.5 cm³/mol. The van der Waals surface area contributed by atoms with E-state index in [1.807, 2.05) is 0 Å². The third kappa shape index (κ3) is 5.56. The summed E-state index contributed by atoms with van der Waals surface area (Å²) in [6.45, 7) is 0. The lowest BCUT2D eigenvalue weighted by Gasteiger charge is -2.19. The Balaban J connectivity index is 1.93. The summed E-state index contributed by atoms with van der Waals surface area (Å²) < 4.78 is 82.9. The molecule has 5 nitrogen and oxygen atoms in total. The summed E-state index contributed by atoms with van der Waals surface area (Å²) in [6, 6.07) is 4.58. The van der Waals surface area contributed by atoms with Gasteiger partial charge in [-0.25, -0.2) is 0 Å². The molecule has 0 aliphatic heterocycles. The molecule has 11 heteroatoms. The molecule has 1 aliphatic carbocycles. The van der Waals surface area contributed by atoms with Crippen molar-refractivity contribution in [2.45, 2.75) is 25.2 Å². The van der Waals surface area contributed by atoms with Crippen LogP contribution >= 0.6 is 0 Å². The number of aromatic nitrogens is 1. The van der Waals surface area contributed by atoms with Crippen molar-refractivity contribution in [1.29, 1.82) is 0 Å². The smallest absolute Gasteiger partial charge is 0.416 e. The van der Waals surface area contributed by atoms with Crippen LogP contribution in [0.1, 0.15) is 28.8 Å². The van der Waals surface area contributed by atoms with Crippen LogP contribution in [-0.4, -0.2) is 17.1 Å². The van der Waals surface area contributed by atoms with Gasteiger partial charge in [0.25, 0.3) is 5.91 Å². The summed E-state index contributed by atoms with van der Waals surface area (Å²) in [5.41, 5.74) is -2.61. The van der Waals surface area contributed by atoms with Gasteiger partial charge in [0.1, 0.15) is 11.5 Å². The number of benzene rings is 1. The van der Waals surface area contributed by atoms with Crippen molar-refractivity contribution in [3.63, 3.8) is 0 Å². The van der Waals surface area contributed by atoms with Crippen LogP contribution < -0.4 is 15.6 Å². The molecule has 0 unspecified atom stereocenters. The average Bonchev–Trinajstić information content (AvgIpc) is 2.67. The van der Waals surface area contributed by atoms with E-state index in [4.69, 9.17) is 4.74 Å². The topological polar surface area (TPSA) is 71.2 Å². The second kappa shape index (κ2) is 8.32. The number of allylic oxidation sites excluding steroid dienone is 4. The number of rotatable bonds is 4. The maximum absolute atomic E-state index is 13.1. The number of halogens is 6. The number of carbonyl (C=O) groups is 1. The van der Waals surface area contributed by atoms with Gasteiger partial charge in [0.15, 0.2) is 0 Å². The SMILES string of the molecule is O=C(Nc1cc[nH]c(=O)c1)c1ccc(C(F)(F)F)cc1OC1=CC=C(C(F)(F)F)CC1. The average molecular weight is 444 g/mol. The first-order valence-electron chi connectivity index (χ1n) is 8.79. The van der Waals surface area contributed by atoms with Gasteiger partial charge in [-0.1, -0.05) is 6.08 Å². The molecule has 0 atom stereocenters. The zero-order valence-corrected chi connectivity index (χ0v) is 15.5. The Labute approximate surface area is 171 Å². The van der Waals surface area contributed by atoms with Gasteiger partial charge < -0.3 is 15.0 Å². The zero-order valence-electron chi connectivity index (χ0n) is 15.5. The van der Waals surface area contributed by atoms with Crippen LogP contribution in [0.15, 0.2) is 64.8 Å². The van der Waals surface area contributed by atoms with E-state index >= 15 is 0 Å².